The summed E-state index contributed by atoms with van der Waals surface area (Å²) in [6, 6.07) is 0. The lowest BCUT2D eigenvalue weighted by Gasteiger charge is -1.90. The summed E-state index contributed by atoms with van der Waals surface area (Å²) in [7, 11) is 1.72. The van der Waals surface area contributed by atoms with Gasteiger partial charge >= 0.3 is 0 Å². The van der Waals surface area contributed by atoms with Crippen molar-refractivity contribution < 1.29 is 4.79 Å². The first-order valence-corrected chi connectivity index (χ1v) is 2.17. The molecule has 0 rings (SSSR count). The van der Waals surface area contributed by atoms with Crippen LogP contribution >= 0.6 is 0 Å². The average molecular weight is 102 g/mol. The summed E-state index contributed by atoms with van der Waals surface area (Å²) in [6.45, 7) is 0.525. The fourth-order valence-electron chi connectivity index (χ4n) is 0.269. The Labute approximate surface area is 42.9 Å². The summed E-state index contributed by atoms with van der Waals surface area (Å²) in [5.41, 5.74) is 4.97. The molecular formula is C4H10N2O. The first kappa shape index (κ1) is 6.59. The molecule has 0 amide bonds. The van der Waals surface area contributed by atoms with E-state index in [1.54, 1.807) is 7.05 Å². The van der Waals surface area contributed by atoms with E-state index in [-0.39, 0.29) is 12.3 Å². The molecule has 0 aromatic heterocycles. The predicted molar refractivity (Wildman–Crippen MR) is 28.0 cm³/mol. The van der Waals surface area contributed by atoms with E-state index in [1.165, 1.54) is 0 Å². The quantitative estimate of drug-likeness (QED) is 0.467. The first-order valence-electron chi connectivity index (χ1n) is 2.17. The highest BCUT2D eigenvalue weighted by atomic mass is 16.1. The van der Waals surface area contributed by atoms with Crippen LogP contribution in [0.25, 0.3) is 0 Å². The Balaban J connectivity index is 3.00. The third-order valence-corrected chi connectivity index (χ3v) is 0.602. The van der Waals surface area contributed by atoms with Gasteiger partial charge in [0.1, 0.15) is 0 Å². The zero-order valence-corrected chi connectivity index (χ0v) is 4.40. The minimum atomic E-state index is 0.0440. The van der Waals surface area contributed by atoms with Gasteiger partial charge in [-0.15, -0.1) is 0 Å². The predicted octanol–water partition coefficient (Wildman–Crippen LogP) is -1.27. The second kappa shape index (κ2) is 3.77. The molecule has 0 spiro atoms. The summed E-state index contributed by atoms with van der Waals surface area (Å²) in [4.78, 5) is 10.2. The number of likely N-dealkylation sites (N-methyl/N-ethyl adjacent to an activating group) is 1. The van der Waals surface area contributed by atoms with Crippen molar-refractivity contribution in [2.45, 2.75) is 0 Å². The molecule has 0 aromatic carbocycles. The van der Waals surface area contributed by atoms with Crippen molar-refractivity contribution in [1.82, 2.24) is 5.32 Å². The Morgan fingerprint density at radius 2 is 2.43 bits per heavy atom. The summed E-state index contributed by atoms with van der Waals surface area (Å²) >= 11 is 0. The van der Waals surface area contributed by atoms with Gasteiger partial charge in [-0.3, -0.25) is 4.79 Å². The Morgan fingerprint density at radius 1 is 1.86 bits per heavy atom. The van der Waals surface area contributed by atoms with E-state index in [4.69, 9.17) is 5.73 Å². The smallest absolute Gasteiger partial charge is 0.160 e. The second-order valence-electron chi connectivity index (χ2n) is 1.27. The summed E-state index contributed by atoms with van der Waals surface area (Å²) < 4.78 is 0. The molecule has 0 unspecified atom stereocenters. The van der Waals surface area contributed by atoms with Crippen molar-refractivity contribution in [1.29, 1.82) is 0 Å². The van der Waals surface area contributed by atoms with Crippen LogP contribution < -0.4 is 11.1 Å². The van der Waals surface area contributed by atoms with Crippen molar-refractivity contribution in [2.75, 3.05) is 20.1 Å². The van der Waals surface area contributed by atoms with Gasteiger partial charge in [0.15, 0.2) is 5.78 Å². The van der Waals surface area contributed by atoms with E-state index in [0.717, 1.165) is 0 Å². The molecule has 7 heavy (non-hydrogen) atoms. The topological polar surface area (TPSA) is 55.1 Å². The van der Waals surface area contributed by atoms with Crippen LogP contribution in [0.1, 0.15) is 0 Å². The molecule has 3 nitrogen and oxygen atoms in total. The van der Waals surface area contributed by atoms with Gasteiger partial charge < -0.3 is 11.1 Å². The number of ketones is 1. The zero-order valence-electron chi connectivity index (χ0n) is 4.40. The molecule has 42 valence electrons. The summed E-state index contributed by atoms with van der Waals surface area (Å²) in [5, 5.41) is 2.69. The lowest BCUT2D eigenvalue weighted by Crippen LogP contribution is -2.25. The van der Waals surface area contributed by atoms with Crippen molar-refractivity contribution >= 4 is 5.78 Å². The molecule has 3 heteroatoms. The van der Waals surface area contributed by atoms with Gasteiger partial charge in [-0.25, -0.2) is 0 Å². The largest absolute Gasteiger partial charge is 0.324 e. The van der Waals surface area contributed by atoms with Crippen LogP contribution in [0.4, 0.5) is 0 Å². The summed E-state index contributed by atoms with van der Waals surface area (Å²) in [5.74, 6) is 0.0440. The lowest BCUT2D eigenvalue weighted by molar-refractivity contribution is -0.116. The van der Waals surface area contributed by atoms with E-state index in [9.17, 15) is 4.79 Å². The van der Waals surface area contributed by atoms with Gasteiger partial charge in [0, 0.05) is 0 Å². The molecule has 0 saturated heterocycles. The number of nitrogens with two attached hydrogens (primary N) is 1. The molecule has 0 fully saturated rings. The molecule has 0 aliphatic heterocycles. The molecule has 0 radical (unpaired) electrons. The molecule has 0 heterocycles. The van der Waals surface area contributed by atoms with E-state index in [1.807, 2.05) is 0 Å². The Morgan fingerprint density at radius 3 is 2.57 bits per heavy atom. The van der Waals surface area contributed by atoms with Crippen LogP contribution in [-0.2, 0) is 4.79 Å². The monoisotopic (exact) mass is 102 g/mol. The van der Waals surface area contributed by atoms with Gasteiger partial charge in [0.25, 0.3) is 0 Å². The minimum Gasteiger partial charge on any atom is -0.324 e. The maximum absolute atomic E-state index is 10.2. The zero-order chi connectivity index (χ0) is 5.70. The number of carbonyl (C=O) groups is 1. The standard InChI is InChI=1S/C4H10N2O/c1-6-3-4(7)2-5/h6H,2-3,5H2,1H3. The highest BCUT2D eigenvalue weighted by Gasteiger charge is 1.90. The number of hydrogen-bond acceptors (Lipinski definition) is 3. The van der Waals surface area contributed by atoms with Crippen LogP contribution in [-0.4, -0.2) is 25.9 Å². The molecule has 3 N–H and O–H groups in total. The Hall–Kier alpha value is -0.410. The highest BCUT2D eigenvalue weighted by molar-refractivity contribution is 5.82. The highest BCUT2D eigenvalue weighted by Crippen LogP contribution is 1.57. The third kappa shape index (κ3) is 3.42. The number of hydrogen-bond donors (Lipinski definition) is 2. The Bertz CT molecular complexity index is 62.7. The van der Waals surface area contributed by atoms with Crippen molar-refractivity contribution in [3.8, 4) is 0 Å². The van der Waals surface area contributed by atoms with E-state index in [2.05, 4.69) is 5.32 Å². The summed E-state index contributed by atoms with van der Waals surface area (Å²) in [6.07, 6.45) is 0. The maximum Gasteiger partial charge on any atom is 0.160 e. The maximum atomic E-state index is 10.2. The molecule has 0 atom stereocenters. The number of rotatable bonds is 3. The number of nitrogens with one attached hydrogen (secondary N) is 1. The van der Waals surface area contributed by atoms with Gasteiger partial charge in [-0.2, -0.15) is 0 Å². The van der Waals surface area contributed by atoms with Crippen LogP contribution in [0.5, 0.6) is 0 Å². The van der Waals surface area contributed by atoms with Crippen molar-refractivity contribution in [3.63, 3.8) is 0 Å². The molecule has 0 bridgehead atoms. The normalized spacial score (nSPS) is 8.86. The fraction of sp³-hybridized carbons (Fsp3) is 0.750. The number of Topliss-reactive ketones (excluding diaryl/α,β-unsaturated/α-hetero) is 1. The van der Waals surface area contributed by atoms with Crippen LogP contribution in [0.15, 0.2) is 0 Å². The van der Waals surface area contributed by atoms with E-state index >= 15 is 0 Å². The average Bonchev–Trinajstić information content (AvgIpc) is 1.68. The van der Waals surface area contributed by atoms with Crippen molar-refractivity contribution in [3.05, 3.63) is 0 Å². The minimum absolute atomic E-state index is 0.0440. The fourth-order valence-corrected chi connectivity index (χ4v) is 0.269. The van der Waals surface area contributed by atoms with Crippen molar-refractivity contribution in [2.24, 2.45) is 5.73 Å². The number of carbonyl (C=O) groups excluding carboxylic acids is 1. The second-order valence-corrected chi connectivity index (χ2v) is 1.27. The lowest BCUT2D eigenvalue weighted by atomic mass is 10.4. The SMILES string of the molecule is CNCC(=O)CN. The van der Waals surface area contributed by atoms with Gasteiger partial charge in [-0.1, -0.05) is 0 Å². The van der Waals surface area contributed by atoms with Crippen LogP contribution in [0.2, 0.25) is 0 Å². The van der Waals surface area contributed by atoms with E-state index < -0.39 is 0 Å². The van der Waals surface area contributed by atoms with Crippen LogP contribution in [0, 0.1) is 0 Å². The first-order chi connectivity index (χ1) is 3.31. The Kier molecular flexibility index (Phi) is 3.55. The molecule has 0 aliphatic carbocycles. The molecule has 0 saturated carbocycles. The third-order valence-electron chi connectivity index (χ3n) is 0.602. The molecular weight excluding hydrogens is 92.1 g/mol. The molecule has 0 aromatic rings. The van der Waals surface area contributed by atoms with Gasteiger partial charge in [0.2, 0.25) is 0 Å². The molecule has 0 aliphatic rings. The van der Waals surface area contributed by atoms with Gasteiger partial charge in [0.05, 0.1) is 13.1 Å². The van der Waals surface area contributed by atoms with E-state index in [0.29, 0.717) is 6.54 Å². The van der Waals surface area contributed by atoms with Crippen LogP contribution in [0.3, 0.4) is 0 Å². The van der Waals surface area contributed by atoms with Gasteiger partial charge in [-0.05, 0) is 7.05 Å².